The predicted molar refractivity (Wildman–Crippen MR) is 126 cm³/mol. The molecule has 0 amide bonds. The summed E-state index contributed by atoms with van der Waals surface area (Å²) in [6, 6.07) is 15.9. The molecule has 2 heterocycles. The zero-order valence-corrected chi connectivity index (χ0v) is 19.3. The Bertz CT molecular complexity index is 1340. The molecule has 0 aliphatic rings. The molecule has 0 saturated heterocycles. The molecule has 2 aromatic heterocycles. The molecule has 0 aliphatic carbocycles. The number of aromatic amines is 1. The minimum atomic E-state index is -0.416. The summed E-state index contributed by atoms with van der Waals surface area (Å²) in [6.45, 7) is 6.19. The van der Waals surface area contributed by atoms with Gasteiger partial charge in [0.2, 0.25) is 0 Å². The number of benzene rings is 2. The number of carbonyl (C=O) groups excluding carboxylic acids is 1. The third-order valence-electron chi connectivity index (χ3n) is 4.66. The van der Waals surface area contributed by atoms with Gasteiger partial charge in [-0.3, -0.25) is 14.7 Å². The molecule has 0 bridgehead atoms. The van der Waals surface area contributed by atoms with Gasteiger partial charge in [0.15, 0.2) is 16.6 Å². The van der Waals surface area contributed by atoms with Crippen molar-refractivity contribution in [2.24, 2.45) is 0 Å². The Morgan fingerprint density at radius 1 is 1.12 bits per heavy atom. The lowest BCUT2D eigenvalue weighted by atomic mass is 9.86. The summed E-state index contributed by atoms with van der Waals surface area (Å²) >= 11 is 7.13. The van der Waals surface area contributed by atoms with Gasteiger partial charge in [-0.15, -0.1) is 0 Å². The molecule has 1 N–H and O–H groups in total. The number of fused-ring (bicyclic) bond motifs is 1. The van der Waals surface area contributed by atoms with E-state index in [1.165, 1.54) is 10.6 Å². The van der Waals surface area contributed by atoms with Crippen LogP contribution in [0.2, 0.25) is 5.02 Å². The number of halogens is 1. The molecule has 0 spiro atoms. The van der Waals surface area contributed by atoms with E-state index in [9.17, 15) is 9.59 Å². The predicted octanol–water partition coefficient (Wildman–Crippen LogP) is 4.73. The van der Waals surface area contributed by atoms with Crippen LogP contribution in [0.5, 0.6) is 5.75 Å². The minimum Gasteiger partial charge on any atom is -0.426 e. The fourth-order valence-corrected chi connectivity index (χ4v) is 4.01. The van der Waals surface area contributed by atoms with Crippen LogP contribution in [0.1, 0.15) is 26.3 Å². The van der Waals surface area contributed by atoms with Crippen LogP contribution in [0.3, 0.4) is 0 Å². The van der Waals surface area contributed by atoms with Crippen LogP contribution >= 0.6 is 23.4 Å². The first-order chi connectivity index (χ1) is 15.2. The molecule has 9 heteroatoms. The van der Waals surface area contributed by atoms with Crippen LogP contribution in [0, 0.1) is 0 Å². The van der Waals surface area contributed by atoms with E-state index in [4.69, 9.17) is 16.3 Å². The lowest BCUT2D eigenvalue weighted by molar-refractivity contribution is -0.131. The SMILES string of the molecule is CC(C)(C)c1ccccc1OC(=O)CSc1nc(-c2ccc(Cl)cc2)nc2cc(=O)[nH]n12. The van der Waals surface area contributed by atoms with Gasteiger partial charge in [0.1, 0.15) is 5.75 Å². The molecule has 7 nitrogen and oxygen atoms in total. The third-order valence-corrected chi connectivity index (χ3v) is 5.83. The molecule has 164 valence electrons. The van der Waals surface area contributed by atoms with Crippen molar-refractivity contribution in [2.45, 2.75) is 31.3 Å². The lowest BCUT2D eigenvalue weighted by Gasteiger charge is -2.21. The number of nitrogens with zero attached hydrogens (tertiary/aromatic N) is 3. The number of ether oxygens (including phenoxy) is 1. The second kappa shape index (κ2) is 8.80. The maximum Gasteiger partial charge on any atom is 0.321 e. The molecular formula is C23H21ClN4O3S. The molecule has 0 saturated carbocycles. The average molecular weight is 469 g/mol. The van der Waals surface area contributed by atoms with Crippen LogP contribution in [0.4, 0.5) is 0 Å². The van der Waals surface area contributed by atoms with Gasteiger partial charge < -0.3 is 4.74 Å². The van der Waals surface area contributed by atoms with Crippen LogP contribution in [-0.4, -0.2) is 31.3 Å². The Hall–Kier alpha value is -3.10. The van der Waals surface area contributed by atoms with Gasteiger partial charge in [-0.05, 0) is 35.7 Å². The Morgan fingerprint density at radius 3 is 2.56 bits per heavy atom. The van der Waals surface area contributed by atoms with Crippen molar-refractivity contribution in [2.75, 3.05) is 5.75 Å². The Labute approximate surface area is 193 Å². The van der Waals surface area contributed by atoms with Gasteiger partial charge in [0.05, 0.1) is 5.75 Å². The highest BCUT2D eigenvalue weighted by Crippen LogP contribution is 2.31. The number of aromatic nitrogens is 4. The monoisotopic (exact) mass is 468 g/mol. The van der Waals surface area contributed by atoms with E-state index in [0.29, 0.717) is 27.4 Å². The van der Waals surface area contributed by atoms with Crippen LogP contribution < -0.4 is 10.3 Å². The van der Waals surface area contributed by atoms with Crippen molar-refractivity contribution in [1.82, 2.24) is 19.6 Å². The average Bonchev–Trinajstić information content (AvgIpc) is 3.12. The number of thioether (sulfide) groups is 1. The zero-order chi connectivity index (χ0) is 22.9. The van der Waals surface area contributed by atoms with Crippen LogP contribution in [-0.2, 0) is 10.2 Å². The third kappa shape index (κ3) is 4.87. The molecule has 32 heavy (non-hydrogen) atoms. The van der Waals surface area contributed by atoms with Gasteiger partial charge in [-0.1, -0.05) is 62.3 Å². The summed E-state index contributed by atoms with van der Waals surface area (Å²) in [7, 11) is 0. The Balaban J connectivity index is 1.59. The highest BCUT2D eigenvalue weighted by atomic mass is 35.5. The standard InChI is InChI=1S/C23H21ClN4O3S/c1-23(2,3)16-6-4-5-7-17(16)31-20(30)13-32-22-26-21(14-8-10-15(24)11-9-14)25-18-12-19(29)27-28(18)22/h4-12H,13H2,1-3H3,(H,27,29). The van der Waals surface area contributed by atoms with E-state index in [0.717, 1.165) is 22.9 Å². The number of nitrogens with one attached hydrogen (secondary N) is 1. The van der Waals surface area contributed by atoms with Gasteiger partial charge >= 0.3 is 5.97 Å². The molecule has 2 aromatic carbocycles. The van der Waals surface area contributed by atoms with E-state index in [1.54, 1.807) is 30.3 Å². The molecule has 0 fully saturated rings. The number of carbonyl (C=O) groups is 1. The summed E-state index contributed by atoms with van der Waals surface area (Å²) < 4.78 is 7.10. The van der Waals surface area contributed by atoms with Crippen LogP contribution in [0.15, 0.2) is 64.5 Å². The molecular weight excluding hydrogens is 448 g/mol. The van der Waals surface area contributed by atoms with Crippen molar-refractivity contribution in [3.05, 3.63) is 75.5 Å². The first kappa shape index (κ1) is 22.1. The molecule has 0 radical (unpaired) electrons. The summed E-state index contributed by atoms with van der Waals surface area (Å²) in [5, 5.41) is 3.68. The minimum absolute atomic E-state index is 0.00482. The topological polar surface area (TPSA) is 89.3 Å². The number of para-hydroxylation sites is 1. The molecule has 0 atom stereocenters. The van der Waals surface area contributed by atoms with E-state index in [-0.39, 0.29) is 16.7 Å². The Morgan fingerprint density at radius 2 is 1.84 bits per heavy atom. The van der Waals surface area contributed by atoms with Gasteiger partial charge in [-0.25, -0.2) is 14.5 Å². The largest absolute Gasteiger partial charge is 0.426 e. The maximum atomic E-state index is 12.6. The molecule has 0 aliphatic heterocycles. The van der Waals surface area contributed by atoms with Gasteiger partial charge in [0.25, 0.3) is 5.56 Å². The second-order valence-electron chi connectivity index (χ2n) is 8.16. The lowest BCUT2D eigenvalue weighted by Crippen LogP contribution is -2.17. The first-order valence-electron chi connectivity index (χ1n) is 9.89. The maximum absolute atomic E-state index is 12.6. The number of rotatable bonds is 5. The van der Waals surface area contributed by atoms with Gasteiger partial charge in [-0.2, -0.15) is 0 Å². The smallest absolute Gasteiger partial charge is 0.321 e. The molecule has 4 aromatic rings. The van der Waals surface area contributed by atoms with E-state index in [2.05, 4.69) is 35.8 Å². The zero-order valence-electron chi connectivity index (χ0n) is 17.8. The highest BCUT2D eigenvalue weighted by Gasteiger charge is 2.20. The van der Waals surface area contributed by atoms with Crippen molar-refractivity contribution in [3.63, 3.8) is 0 Å². The number of H-pyrrole nitrogens is 1. The van der Waals surface area contributed by atoms with Crippen molar-refractivity contribution >= 4 is 35.0 Å². The quantitative estimate of drug-likeness (QED) is 0.258. The second-order valence-corrected chi connectivity index (χ2v) is 9.54. The van der Waals surface area contributed by atoms with Gasteiger partial charge in [0, 0.05) is 22.2 Å². The van der Waals surface area contributed by atoms with E-state index < -0.39 is 5.97 Å². The van der Waals surface area contributed by atoms with Crippen molar-refractivity contribution in [1.29, 1.82) is 0 Å². The first-order valence-corrected chi connectivity index (χ1v) is 11.3. The summed E-state index contributed by atoms with van der Waals surface area (Å²) in [5.41, 5.74) is 1.62. The molecule has 0 unspecified atom stereocenters. The van der Waals surface area contributed by atoms with E-state index >= 15 is 0 Å². The fraction of sp³-hybridized carbons (Fsp3) is 0.217. The summed E-state index contributed by atoms with van der Waals surface area (Å²) in [4.78, 5) is 33.5. The van der Waals surface area contributed by atoms with Crippen LogP contribution in [0.25, 0.3) is 17.0 Å². The highest BCUT2D eigenvalue weighted by molar-refractivity contribution is 7.99. The molecule has 4 rings (SSSR count). The normalized spacial score (nSPS) is 11.6. The van der Waals surface area contributed by atoms with Crippen molar-refractivity contribution < 1.29 is 9.53 Å². The fourth-order valence-electron chi connectivity index (χ4n) is 3.16. The number of esters is 1. The van der Waals surface area contributed by atoms with Crippen molar-refractivity contribution in [3.8, 4) is 17.1 Å². The summed E-state index contributed by atoms with van der Waals surface area (Å²) in [5.74, 6) is 0.551. The van der Waals surface area contributed by atoms with E-state index in [1.807, 2.05) is 18.2 Å². The number of hydrogen-bond acceptors (Lipinski definition) is 6. The Kier molecular flexibility index (Phi) is 6.08. The summed E-state index contributed by atoms with van der Waals surface area (Å²) in [6.07, 6.45) is 0. The number of hydrogen-bond donors (Lipinski definition) is 1.